The first-order chi connectivity index (χ1) is 12.6. The van der Waals surface area contributed by atoms with Gasteiger partial charge >= 0.3 is 6.01 Å². The summed E-state index contributed by atoms with van der Waals surface area (Å²) in [6.07, 6.45) is 6.35. The molecular weight excluding hydrogens is 356 g/mol. The molecule has 9 nitrogen and oxygen atoms in total. The van der Waals surface area contributed by atoms with E-state index in [0.29, 0.717) is 31.5 Å². The van der Waals surface area contributed by atoms with E-state index in [1.54, 1.807) is 0 Å². The Balaban J connectivity index is 1.85. The lowest BCUT2D eigenvalue weighted by Gasteiger charge is -2.25. The van der Waals surface area contributed by atoms with Crippen molar-refractivity contribution in [1.82, 2.24) is 19.7 Å². The molecular formula is C16H28N6O3S. The summed E-state index contributed by atoms with van der Waals surface area (Å²) in [7, 11) is -1.72. The molecule has 0 aliphatic carbocycles. The van der Waals surface area contributed by atoms with E-state index in [1.165, 1.54) is 20.0 Å². The standard InChI is InChI=1S/C16H28N6O3S/c1-25-16-19-14(21-9-5-2-3-6-10-21)18-15(20-16)22-11-7-4-8-17-26(23,24)13-12-22/h17H,2-13H2,1H3. The number of methoxy groups -OCH3 is 1. The van der Waals surface area contributed by atoms with Crippen molar-refractivity contribution >= 4 is 21.9 Å². The van der Waals surface area contributed by atoms with Crippen molar-refractivity contribution in [3.63, 3.8) is 0 Å². The molecule has 3 rings (SSSR count). The molecule has 2 aliphatic rings. The zero-order chi connectivity index (χ0) is 18.4. The van der Waals surface area contributed by atoms with Crippen LogP contribution in [-0.2, 0) is 10.0 Å². The molecule has 1 aromatic rings. The Bertz CT molecular complexity index is 691. The Hall–Kier alpha value is -1.68. The zero-order valence-electron chi connectivity index (χ0n) is 15.4. The van der Waals surface area contributed by atoms with Crippen LogP contribution in [0.3, 0.4) is 0 Å². The predicted octanol–water partition coefficient (Wildman–Crippen LogP) is 0.780. The third-order valence-corrected chi connectivity index (χ3v) is 6.12. The Kier molecular flexibility index (Phi) is 6.47. The van der Waals surface area contributed by atoms with Gasteiger partial charge in [-0.05, 0) is 25.7 Å². The van der Waals surface area contributed by atoms with Crippen molar-refractivity contribution < 1.29 is 13.2 Å². The Labute approximate surface area is 155 Å². The topological polar surface area (TPSA) is 101 Å². The van der Waals surface area contributed by atoms with Gasteiger partial charge in [0.05, 0.1) is 12.9 Å². The van der Waals surface area contributed by atoms with Gasteiger partial charge in [-0.2, -0.15) is 15.0 Å². The van der Waals surface area contributed by atoms with Crippen molar-refractivity contribution in [1.29, 1.82) is 0 Å². The number of anilines is 2. The lowest BCUT2D eigenvalue weighted by atomic mass is 10.2. The molecule has 1 N–H and O–H groups in total. The van der Waals surface area contributed by atoms with Crippen molar-refractivity contribution in [2.24, 2.45) is 0 Å². The van der Waals surface area contributed by atoms with Gasteiger partial charge in [0, 0.05) is 32.7 Å². The van der Waals surface area contributed by atoms with Crippen LogP contribution in [0.4, 0.5) is 11.9 Å². The third kappa shape index (κ3) is 5.16. The minimum absolute atomic E-state index is 0.0278. The number of aromatic nitrogens is 3. The molecule has 10 heteroatoms. The van der Waals surface area contributed by atoms with Crippen LogP contribution in [0.2, 0.25) is 0 Å². The molecule has 0 amide bonds. The van der Waals surface area contributed by atoms with Gasteiger partial charge in [-0.3, -0.25) is 0 Å². The number of ether oxygens (including phenoxy) is 1. The van der Waals surface area contributed by atoms with Gasteiger partial charge in [-0.1, -0.05) is 12.8 Å². The second-order valence-electron chi connectivity index (χ2n) is 6.73. The molecule has 26 heavy (non-hydrogen) atoms. The fourth-order valence-electron chi connectivity index (χ4n) is 3.25. The molecule has 0 atom stereocenters. The maximum atomic E-state index is 12.0. The van der Waals surface area contributed by atoms with Crippen LogP contribution in [0.25, 0.3) is 0 Å². The maximum absolute atomic E-state index is 12.0. The molecule has 0 aromatic carbocycles. The highest BCUT2D eigenvalue weighted by Gasteiger charge is 2.21. The van der Waals surface area contributed by atoms with E-state index in [4.69, 9.17) is 4.74 Å². The molecule has 0 radical (unpaired) electrons. The molecule has 2 saturated heterocycles. The summed E-state index contributed by atoms with van der Waals surface area (Å²) in [6, 6.07) is 0.273. The van der Waals surface area contributed by atoms with Crippen LogP contribution in [-0.4, -0.2) is 69.0 Å². The average Bonchev–Trinajstić information content (AvgIpc) is 2.88. The monoisotopic (exact) mass is 384 g/mol. The molecule has 3 heterocycles. The van der Waals surface area contributed by atoms with Crippen LogP contribution in [0.1, 0.15) is 38.5 Å². The van der Waals surface area contributed by atoms with Crippen LogP contribution >= 0.6 is 0 Å². The summed E-state index contributed by atoms with van der Waals surface area (Å²) in [5.41, 5.74) is 0. The van der Waals surface area contributed by atoms with Crippen molar-refractivity contribution in [2.75, 3.05) is 55.4 Å². The lowest BCUT2D eigenvalue weighted by molar-refractivity contribution is 0.377. The minimum Gasteiger partial charge on any atom is -0.467 e. The molecule has 0 bridgehead atoms. The molecule has 146 valence electrons. The summed E-state index contributed by atoms with van der Waals surface area (Å²) in [5, 5.41) is 0. The second-order valence-corrected chi connectivity index (χ2v) is 8.66. The largest absolute Gasteiger partial charge is 0.467 e. The van der Waals surface area contributed by atoms with Crippen molar-refractivity contribution in [3.8, 4) is 6.01 Å². The van der Waals surface area contributed by atoms with E-state index in [0.717, 1.165) is 38.8 Å². The third-order valence-electron chi connectivity index (χ3n) is 4.75. The van der Waals surface area contributed by atoms with Crippen LogP contribution in [0, 0.1) is 0 Å². The summed E-state index contributed by atoms with van der Waals surface area (Å²) < 4.78 is 31.9. The van der Waals surface area contributed by atoms with E-state index in [-0.39, 0.29) is 11.8 Å². The minimum atomic E-state index is -3.26. The van der Waals surface area contributed by atoms with E-state index < -0.39 is 10.0 Å². The van der Waals surface area contributed by atoms with Gasteiger partial charge in [0.1, 0.15) is 0 Å². The number of nitrogens with one attached hydrogen (secondary N) is 1. The van der Waals surface area contributed by atoms with Crippen LogP contribution < -0.4 is 19.3 Å². The van der Waals surface area contributed by atoms with Gasteiger partial charge in [-0.15, -0.1) is 0 Å². The van der Waals surface area contributed by atoms with Crippen molar-refractivity contribution in [2.45, 2.75) is 38.5 Å². The smallest absolute Gasteiger partial charge is 0.322 e. The normalized spacial score (nSPS) is 22.0. The first-order valence-electron chi connectivity index (χ1n) is 9.35. The molecule has 2 fully saturated rings. The van der Waals surface area contributed by atoms with Gasteiger partial charge in [0.2, 0.25) is 21.9 Å². The van der Waals surface area contributed by atoms with Crippen LogP contribution in [0.15, 0.2) is 0 Å². The Morgan fingerprint density at radius 3 is 2.04 bits per heavy atom. The molecule has 2 aliphatic heterocycles. The first-order valence-corrected chi connectivity index (χ1v) is 11.0. The molecule has 0 unspecified atom stereocenters. The Morgan fingerprint density at radius 2 is 1.42 bits per heavy atom. The van der Waals surface area contributed by atoms with Gasteiger partial charge < -0.3 is 14.5 Å². The Morgan fingerprint density at radius 1 is 0.846 bits per heavy atom. The van der Waals surface area contributed by atoms with Gasteiger partial charge in [0.15, 0.2) is 0 Å². The van der Waals surface area contributed by atoms with E-state index in [9.17, 15) is 8.42 Å². The highest BCUT2D eigenvalue weighted by atomic mass is 32.2. The van der Waals surface area contributed by atoms with Gasteiger partial charge in [-0.25, -0.2) is 13.1 Å². The first kappa shape index (κ1) is 19.1. The van der Waals surface area contributed by atoms with E-state index in [2.05, 4.69) is 24.6 Å². The summed E-state index contributed by atoms with van der Waals surface area (Å²) in [6.45, 7) is 3.39. The SMILES string of the molecule is COc1nc(N2CCCCCC2)nc(N2CCCCNS(=O)(=O)CC2)n1. The second kappa shape index (κ2) is 8.81. The van der Waals surface area contributed by atoms with Gasteiger partial charge in [0.25, 0.3) is 0 Å². The number of nitrogens with zero attached hydrogens (tertiary/aromatic N) is 5. The summed E-state index contributed by atoms with van der Waals surface area (Å²) >= 11 is 0. The summed E-state index contributed by atoms with van der Waals surface area (Å²) in [4.78, 5) is 17.6. The fourth-order valence-corrected chi connectivity index (χ4v) is 4.31. The molecule has 0 saturated carbocycles. The number of sulfonamides is 1. The highest BCUT2D eigenvalue weighted by Crippen LogP contribution is 2.21. The quantitative estimate of drug-likeness (QED) is 0.816. The number of hydrogen-bond acceptors (Lipinski definition) is 8. The number of rotatable bonds is 3. The molecule has 0 spiro atoms. The number of hydrogen-bond donors (Lipinski definition) is 1. The van der Waals surface area contributed by atoms with Crippen molar-refractivity contribution in [3.05, 3.63) is 0 Å². The fraction of sp³-hybridized carbons (Fsp3) is 0.812. The predicted molar refractivity (Wildman–Crippen MR) is 100 cm³/mol. The highest BCUT2D eigenvalue weighted by molar-refractivity contribution is 7.89. The zero-order valence-corrected chi connectivity index (χ0v) is 16.2. The summed E-state index contributed by atoms with van der Waals surface area (Å²) in [5.74, 6) is 1.14. The van der Waals surface area contributed by atoms with E-state index in [1.807, 2.05) is 4.90 Å². The average molecular weight is 385 g/mol. The lowest BCUT2D eigenvalue weighted by Crippen LogP contribution is -2.35. The maximum Gasteiger partial charge on any atom is 0.322 e. The molecule has 1 aromatic heterocycles. The van der Waals surface area contributed by atoms with E-state index >= 15 is 0 Å². The van der Waals surface area contributed by atoms with Crippen LogP contribution in [0.5, 0.6) is 6.01 Å².